The Bertz CT molecular complexity index is 1250. The second kappa shape index (κ2) is 12.2. The third-order valence-corrected chi connectivity index (χ3v) is 6.95. The summed E-state index contributed by atoms with van der Waals surface area (Å²) in [7, 11) is 1.47. The Labute approximate surface area is 225 Å². The SMILES string of the molecule is CO/N=C/c1ccccc1Oc1ccc(Cc2cc([C@@H]3OC(CO)(CO)[C@@H](O)[C@H](O)[C@H]3O)ccc2Cl)cc1. The van der Waals surface area contributed by atoms with Crippen LogP contribution in [0.4, 0.5) is 0 Å². The fraction of sp³-hybridized carbons (Fsp3) is 0.321. The summed E-state index contributed by atoms with van der Waals surface area (Å²) in [5.41, 5.74) is 1.08. The van der Waals surface area contributed by atoms with Crippen LogP contribution in [0.25, 0.3) is 0 Å². The predicted octanol–water partition coefficient (Wildman–Crippen LogP) is 2.58. The lowest BCUT2D eigenvalue weighted by atomic mass is 9.83. The molecular weight excluding hydrogens is 514 g/mol. The van der Waals surface area contributed by atoms with E-state index >= 15 is 0 Å². The first-order valence-corrected chi connectivity index (χ1v) is 12.3. The third-order valence-electron chi connectivity index (χ3n) is 6.58. The zero-order valence-electron chi connectivity index (χ0n) is 20.6. The Kier molecular flexibility index (Phi) is 9.01. The van der Waals surface area contributed by atoms with E-state index < -0.39 is 43.2 Å². The highest BCUT2D eigenvalue weighted by Crippen LogP contribution is 2.39. The van der Waals surface area contributed by atoms with Crippen molar-refractivity contribution in [2.24, 2.45) is 5.16 Å². The highest BCUT2D eigenvalue weighted by molar-refractivity contribution is 6.31. The molecule has 1 saturated heterocycles. The lowest BCUT2D eigenvalue weighted by Gasteiger charge is -2.47. The molecule has 0 saturated carbocycles. The molecule has 38 heavy (non-hydrogen) atoms. The predicted molar refractivity (Wildman–Crippen MR) is 141 cm³/mol. The molecule has 0 radical (unpaired) electrons. The molecule has 1 aliphatic rings. The van der Waals surface area contributed by atoms with Crippen LogP contribution >= 0.6 is 11.6 Å². The Balaban J connectivity index is 1.53. The molecule has 4 atom stereocenters. The number of para-hydroxylation sites is 1. The van der Waals surface area contributed by atoms with Gasteiger partial charge in [-0.15, -0.1) is 0 Å². The van der Waals surface area contributed by atoms with Crippen molar-refractivity contribution in [3.8, 4) is 11.5 Å². The van der Waals surface area contributed by atoms with Crippen molar-refractivity contribution in [3.05, 3.63) is 94.0 Å². The number of ether oxygens (including phenoxy) is 2. The molecule has 4 rings (SSSR count). The van der Waals surface area contributed by atoms with Gasteiger partial charge in [-0.2, -0.15) is 0 Å². The van der Waals surface area contributed by atoms with Crippen LogP contribution < -0.4 is 4.74 Å². The van der Waals surface area contributed by atoms with E-state index in [1.165, 1.54) is 7.11 Å². The molecule has 3 aromatic carbocycles. The Hall–Kier alpha value is -3.02. The van der Waals surface area contributed by atoms with Gasteiger partial charge in [-0.05, 0) is 53.4 Å². The maximum Gasteiger partial charge on any atom is 0.143 e. The van der Waals surface area contributed by atoms with E-state index in [9.17, 15) is 25.5 Å². The van der Waals surface area contributed by atoms with Crippen LogP contribution in [0.15, 0.2) is 71.9 Å². The zero-order valence-corrected chi connectivity index (χ0v) is 21.4. The molecule has 1 heterocycles. The van der Waals surface area contributed by atoms with Gasteiger partial charge in [-0.1, -0.05) is 53.2 Å². The highest BCUT2D eigenvalue weighted by Gasteiger charge is 2.53. The standard InChI is InChI=1S/C28H30ClNO8/c1-36-30-14-19-4-2-3-5-23(19)37-21-9-6-17(7-10-21)12-20-13-18(8-11-22(20)29)26-24(33)25(34)27(35)28(15-31,16-32)38-26/h2-11,13-14,24-27,31-35H,12,15-16H2,1H3/b30-14+/t24-,25-,26+,27+/m1/s1. The molecule has 0 unspecified atom stereocenters. The smallest absolute Gasteiger partial charge is 0.143 e. The Morgan fingerprint density at radius 2 is 1.68 bits per heavy atom. The van der Waals surface area contributed by atoms with Crippen molar-refractivity contribution < 1.29 is 39.8 Å². The lowest BCUT2D eigenvalue weighted by molar-refractivity contribution is -0.289. The largest absolute Gasteiger partial charge is 0.457 e. The van der Waals surface area contributed by atoms with E-state index in [4.69, 9.17) is 25.9 Å². The van der Waals surface area contributed by atoms with Crippen LogP contribution in [0.3, 0.4) is 0 Å². The van der Waals surface area contributed by atoms with Crippen molar-refractivity contribution in [1.82, 2.24) is 0 Å². The summed E-state index contributed by atoms with van der Waals surface area (Å²) in [4.78, 5) is 4.75. The van der Waals surface area contributed by atoms with E-state index in [1.54, 1.807) is 24.4 Å². The maximum atomic E-state index is 10.6. The summed E-state index contributed by atoms with van der Waals surface area (Å²) < 4.78 is 11.8. The number of hydrogen-bond donors (Lipinski definition) is 5. The Morgan fingerprint density at radius 3 is 2.37 bits per heavy atom. The molecule has 0 aromatic heterocycles. The number of benzene rings is 3. The number of oxime groups is 1. The lowest BCUT2D eigenvalue weighted by Crippen LogP contribution is -2.65. The quantitative estimate of drug-likeness (QED) is 0.205. The molecular formula is C28H30ClNO8. The number of hydrogen-bond acceptors (Lipinski definition) is 9. The van der Waals surface area contributed by atoms with Gasteiger partial charge in [0, 0.05) is 10.6 Å². The fourth-order valence-corrected chi connectivity index (χ4v) is 4.55. The van der Waals surface area contributed by atoms with Crippen LogP contribution in [-0.2, 0) is 16.0 Å². The van der Waals surface area contributed by atoms with E-state index in [2.05, 4.69) is 5.16 Å². The van der Waals surface area contributed by atoms with Crippen LogP contribution in [-0.4, -0.2) is 76.0 Å². The fourth-order valence-electron chi connectivity index (χ4n) is 4.37. The van der Waals surface area contributed by atoms with Crippen LogP contribution in [0.5, 0.6) is 11.5 Å². The van der Waals surface area contributed by atoms with Gasteiger partial charge < -0.3 is 39.8 Å². The minimum Gasteiger partial charge on any atom is -0.457 e. The van der Waals surface area contributed by atoms with Gasteiger partial charge in [0.2, 0.25) is 0 Å². The molecule has 0 spiro atoms. The molecule has 9 nitrogen and oxygen atoms in total. The molecule has 0 amide bonds. The van der Waals surface area contributed by atoms with E-state index in [-0.39, 0.29) is 0 Å². The van der Waals surface area contributed by atoms with Crippen molar-refractivity contribution in [1.29, 1.82) is 0 Å². The van der Waals surface area contributed by atoms with Crippen molar-refractivity contribution in [3.63, 3.8) is 0 Å². The molecule has 3 aromatic rings. The molecule has 0 aliphatic carbocycles. The van der Waals surface area contributed by atoms with Gasteiger partial charge in [0.05, 0.1) is 19.4 Å². The second-order valence-electron chi connectivity index (χ2n) is 9.07. The van der Waals surface area contributed by atoms with Gasteiger partial charge in [0.1, 0.15) is 48.6 Å². The molecule has 0 bridgehead atoms. The van der Waals surface area contributed by atoms with Crippen molar-refractivity contribution >= 4 is 17.8 Å². The van der Waals surface area contributed by atoms with Gasteiger partial charge in [0.25, 0.3) is 0 Å². The van der Waals surface area contributed by atoms with Gasteiger partial charge in [-0.25, -0.2) is 0 Å². The van der Waals surface area contributed by atoms with Crippen molar-refractivity contribution in [2.75, 3.05) is 20.3 Å². The normalized spacial score (nSPS) is 22.9. The average Bonchev–Trinajstić information content (AvgIpc) is 2.94. The number of aliphatic hydroxyl groups is 5. The highest BCUT2D eigenvalue weighted by atomic mass is 35.5. The van der Waals surface area contributed by atoms with E-state index in [0.717, 1.165) is 16.7 Å². The first-order chi connectivity index (χ1) is 18.3. The minimum absolute atomic E-state index is 0.448. The number of nitrogens with zero attached hydrogens (tertiary/aromatic N) is 1. The molecule has 1 aliphatic heterocycles. The molecule has 10 heteroatoms. The zero-order chi connectivity index (χ0) is 27.3. The summed E-state index contributed by atoms with van der Waals surface area (Å²) in [6.07, 6.45) is -3.89. The van der Waals surface area contributed by atoms with Gasteiger partial charge in [-0.3, -0.25) is 0 Å². The molecule has 1 fully saturated rings. The number of rotatable bonds is 9. The van der Waals surface area contributed by atoms with Gasteiger partial charge >= 0.3 is 0 Å². The minimum atomic E-state index is -1.83. The van der Waals surface area contributed by atoms with E-state index in [1.807, 2.05) is 48.5 Å². The van der Waals surface area contributed by atoms with Crippen LogP contribution in [0.2, 0.25) is 5.02 Å². The molecule has 202 valence electrons. The second-order valence-corrected chi connectivity index (χ2v) is 9.48. The van der Waals surface area contributed by atoms with Gasteiger partial charge in [0.15, 0.2) is 0 Å². The third kappa shape index (κ3) is 5.84. The summed E-state index contributed by atoms with van der Waals surface area (Å²) in [6.45, 7) is -1.49. The summed E-state index contributed by atoms with van der Waals surface area (Å²) in [5.74, 6) is 1.25. The first kappa shape index (κ1) is 28.0. The Morgan fingerprint density at radius 1 is 0.974 bits per heavy atom. The number of halogens is 1. The van der Waals surface area contributed by atoms with E-state index in [0.29, 0.717) is 28.5 Å². The topological polar surface area (TPSA) is 141 Å². The first-order valence-electron chi connectivity index (χ1n) is 12.0. The monoisotopic (exact) mass is 543 g/mol. The van der Waals surface area contributed by atoms with Crippen molar-refractivity contribution in [2.45, 2.75) is 36.4 Å². The van der Waals surface area contributed by atoms with Crippen LogP contribution in [0.1, 0.15) is 28.4 Å². The summed E-state index contributed by atoms with van der Waals surface area (Å²) in [5, 5.41) is 55.1. The maximum absolute atomic E-state index is 10.6. The van der Waals surface area contributed by atoms with Crippen LogP contribution in [0, 0.1) is 0 Å². The molecule has 5 N–H and O–H groups in total. The number of aliphatic hydroxyl groups excluding tert-OH is 5. The summed E-state index contributed by atoms with van der Waals surface area (Å²) in [6, 6.07) is 19.9. The average molecular weight is 544 g/mol. The summed E-state index contributed by atoms with van der Waals surface area (Å²) >= 11 is 6.46.